The molecule has 1 aliphatic rings. The molecule has 2 N–H and O–H groups in total. The molecule has 1 aliphatic heterocycles. The van der Waals surface area contributed by atoms with Crippen LogP contribution < -0.4 is 5.32 Å². The first-order chi connectivity index (χ1) is 6.88. The minimum atomic E-state index is -4.16. The van der Waals surface area contributed by atoms with Gasteiger partial charge in [0.2, 0.25) is 0 Å². The summed E-state index contributed by atoms with van der Waals surface area (Å²) in [7, 11) is -4.16. The Morgan fingerprint density at radius 1 is 1.27 bits per heavy atom. The van der Waals surface area contributed by atoms with Gasteiger partial charge >= 0.3 is 0 Å². The predicted octanol–water partition coefficient (Wildman–Crippen LogP) is -0.473. The van der Waals surface area contributed by atoms with Gasteiger partial charge in [-0.25, -0.2) is 0 Å². The van der Waals surface area contributed by atoms with E-state index in [1.165, 1.54) is 12.2 Å². The largest absolute Gasteiger partial charge is 0.289 e. The molecule has 0 bridgehead atoms. The quantitative estimate of drug-likeness (QED) is 0.387. The molecule has 0 saturated heterocycles. The van der Waals surface area contributed by atoms with Crippen LogP contribution in [-0.4, -0.2) is 24.8 Å². The lowest BCUT2D eigenvalue weighted by Gasteiger charge is -1.88. The first-order valence-electron chi connectivity index (χ1n) is 3.78. The molecule has 0 saturated carbocycles. The van der Waals surface area contributed by atoms with Crippen LogP contribution in [0, 0.1) is 0 Å². The van der Waals surface area contributed by atoms with E-state index < -0.39 is 21.9 Å². The van der Waals surface area contributed by atoms with Crippen LogP contribution in [0.15, 0.2) is 35.3 Å². The topological polar surface area (TPSA) is 101 Å². The average molecular weight is 229 g/mol. The number of hydrogen-bond acceptors (Lipinski definition) is 4. The number of amides is 2. The molecule has 0 fully saturated rings. The van der Waals surface area contributed by atoms with Gasteiger partial charge in [-0.3, -0.25) is 19.5 Å². The summed E-state index contributed by atoms with van der Waals surface area (Å²) in [6.07, 6.45) is 4.59. The first-order valence-corrected chi connectivity index (χ1v) is 5.28. The molecule has 0 aromatic carbocycles. The molecule has 80 valence electrons. The highest BCUT2D eigenvalue weighted by molar-refractivity contribution is 7.88. The van der Waals surface area contributed by atoms with Crippen molar-refractivity contribution in [2.24, 2.45) is 0 Å². The van der Waals surface area contributed by atoms with Crippen molar-refractivity contribution in [1.29, 1.82) is 0 Å². The zero-order chi connectivity index (χ0) is 11.5. The van der Waals surface area contributed by atoms with E-state index in [-0.39, 0.29) is 5.57 Å². The summed E-state index contributed by atoms with van der Waals surface area (Å²) in [5, 5.41) is 2.56. The lowest BCUT2D eigenvalue weighted by atomic mass is 10.2. The number of imide groups is 1. The monoisotopic (exact) mass is 229 g/mol. The molecule has 7 heteroatoms. The van der Waals surface area contributed by atoms with E-state index in [1.807, 2.05) is 5.32 Å². The minimum absolute atomic E-state index is 0.125. The number of rotatable bonds is 3. The van der Waals surface area contributed by atoms with Crippen LogP contribution in [-0.2, 0) is 19.7 Å². The molecule has 1 heterocycles. The molecule has 15 heavy (non-hydrogen) atoms. The van der Waals surface area contributed by atoms with Crippen molar-refractivity contribution in [3.05, 3.63) is 35.3 Å². The summed E-state index contributed by atoms with van der Waals surface area (Å²) in [6, 6.07) is 0. The highest BCUT2D eigenvalue weighted by Gasteiger charge is 2.17. The summed E-state index contributed by atoms with van der Waals surface area (Å²) < 4.78 is 28.8. The molecule has 0 aromatic rings. The van der Waals surface area contributed by atoms with Gasteiger partial charge in [0.1, 0.15) is 0 Å². The van der Waals surface area contributed by atoms with E-state index in [1.54, 1.807) is 0 Å². The smallest absolute Gasteiger partial charge is 0.287 e. The molecule has 0 atom stereocenters. The third-order valence-corrected chi connectivity index (χ3v) is 1.92. The van der Waals surface area contributed by atoms with Gasteiger partial charge in [-0.1, -0.05) is 6.08 Å². The van der Waals surface area contributed by atoms with Gasteiger partial charge in [-0.15, -0.1) is 0 Å². The Kier molecular flexibility index (Phi) is 3.17. The van der Waals surface area contributed by atoms with Gasteiger partial charge in [0.05, 0.1) is 5.41 Å². The highest BCUT2D eigenvalue weighted by atomic mass is 32.2. The number of carbonyl (C=O) groups excluding carboxylic acids is 2. The van der Waals surface area contributed by atoms with Crippen LogP contribution in [0.1, 0.15) is 0 Å². The van der Waals surface area contributed by atoms with Crippen LogP contribution in [0.25, 0.3) is 0 Å². The number of carbonyl (C=O) groups is 2. The minimum Gasteiger partial charge on any atom is -0.289 e. The Balaban J connectivity index is 2.68. The summed E-state index contributed by atoms with van der Waals surface area (Å²) in [5.74, 6) is -1.06. The lowest BCUT2D eigenvalue weighted by Crippen LogP contribution is -2.21. The summed E-state index contributed by atoms with van der Waals surface area (Å²) in [5.41, 5.74) is 0.125. The van der Waals surface area contributed by atoms with E-state index in [2.05, 4.69) is 0 Å². The highest BCUT2D eigenvalue weighted by Crippen LogP contribution is 2.03. The van der Waals surface area contributed by atoms with Crippen LogP contribution in [0.3, 0.4) is 0 Å². The first kappa shape index (κ1) is 11.3. The third kappa shape index (κ3) is 3.88. The number of allylic oxidation sites excluding steroid dienone is 2. The zero-order valence-electron chi connectivity index (χ0n) is 7.38. The van der Waals surface area contributed by atoms with Crippen LogP contribution in [0.4, 0.5) is 0 Å². The van der Waals surface area contributed by atoms with E-state index in [9.17, 15) is 18.0 Å². The molecule has 0 radical (unpaired) electrons. The Hall–Kier alpha value is -1.73. The van der Waals surface area contributed by atoms with Crippen molar-refractivity contribution in [2.75, 3.05) is 0 Å². The summed E-state index contributed by atoms with van der Waals surface area (Å²) in [4.78, 5) is 21.6. The number of hydrogen-bond donors (Lipinski definition) is 2. The summed E-state index contributed by atoms with van der Waals surface area (Å²) >= 11 is 0. The molecule has 0 aromatic heterocycles. The molecule has 0 unspecified atom stereocenters. The zero-order valence-corrected chi connectivity index (χ0v) is 8.19. The molecule has 0 aliphatic carbocycles. The van der Waals surface area contributed by atoms with Crippen molar-refractivity contribution in [2.45, 2.75) is 0 Å². The van der Waals surface area contributed by atoms with Crippen LogP contribution >= 0.6 is 0 Å². The van der Waals surface area contributed by atoms with Gasteiger partial charge in [-0.2, -0.15) is 8.42 Å². The van der Waals surface area contributed by atoms with Crippen molar-refractivity contribution in [1.82, 2.24) is 5.32 Å². The van der Waals surface area contributed by atoms with Crippen molar-refractivity contribution in [3.8, 4) is 0 Å². The van der Waals surface area contributed by atoms with Gasteiger partial charge in [0.25, 0.3) is 21.9 Å². The van der Waals surface area contributed by atoms with Gasteiger partial charge in [0, 0.05) is 11.6 Å². The maximum absolute atomic E-state index is 10.9. The van der Waals surface area contributed by atoms with Crippen molar-refractivity contribution in [3.63, 3.8) is 0 Å². The SMILES string of the molecule is O=C1C=C(/C=C\C=C\S(=O)(=O)O)C(=O)N1. The predicted molar refractivity (Wildman–Crippen MR) is 51.1 cm³/mol. The second-order valence-corrected chi connectivity index (χ2v) is 3.92. The summed E-state index contributed by atoms with van der Waals surface area (Å²) in [6.45, 7) is 0. The van der Waals surface area contributed by atoms with E-state index >= 15 is 0 Å². The molecule has 0 spiro atoms. The molecule has 6 nitrogen and oxygen atoms in total. The molecular formula is C8H7NO5S. The fourth-order valence-electron chi connectivity index (χ4n) is 0.855. The number of nitrogens with one attached hydrogen (secondary N) is 1. The van der Waals surface area contributed by atoms with E-state index in [4.69, 9.17) is 4.55 Å². The fraction of sp³-hybridized carbons (Fsp3) is 0. The lowest BCUT2D eigenvalue weighted by molar-refractivity contribution is -0.123. The Bertz CT molecular complexity index is 483. The molecule has 2 amide bonds. The van der Waals surface area contributed by atoms with Crippen LogP contribution in [0.5, 0.6) is 0 Å². The van der Waals surface area contributed by atoms with Crippen molar-refractivity contribution < 1.29 is 22.6 Å². The second-order valence-electron chi connectivity index (χ2n) is 2.62. The molecule has 1 rings (SSSR count). The van der Waals surface area contributed by atoms with E-state index in [0.717, 1.165) is 12.2 Å². The normalized spacial score (nSPS) is 17.5. The molecular weight excluding hydrogens is 222 g/mol. The average Bonchev–Trinajstić information content (AvgIpc) is 2.37. The Morgan fingerprint density at radius 3 is 2.40 bits per heavy atom. The van der Waals surface area contributed by atoms with Gasteiger partial charge in [0.15, 0.2) is 0 Å². The fourth-order valence-corrected chi connectivity index (χ4v) is 1.14. The van der Waals surface area contributed by atoms with Gasteiger partial charge < -0.3 is 0 Å². The van der Waals surface area contributed by atoms with Gasteiger partial charge in [-0.05, 0) is 12.2 Å². The Morgan fingerprint density at radius 2 is 1.93 bits per heavy atom. The van der Waals surface area contributed by atoms with Crippen LogP contribution in [0.2, 0.25) is 0 Å². The van der Waals surface area contributed by atoms with Crippen molar-refractivity contribution >= 4 is 21.9 Å². The maximum atomic E-state index is 10.9. The second kappa shape index (κ2) is 4.20. The Labute approximate surface area is 85.7 Å². The maximum Gasteiger partial charge on any atom is 0.287 e. The van der Waals surface area contributed by atoms with E-state index in [0.29, 0.717) is 5.41 Å². The third-order valence-electron chi connectivity index (χ3n) is 1.42. The standard InChI is InChI=1S/C8H7NO5S/c10-7-5-6(8(11)9-7)3-1-2-4-15(12,13)14/h1-5H,(H,9,10,11)(H,12,13,14)/b3-1-,4-2+.